The number of halogens is 1. The summed E-state index contributed by atoms with van der Waals surface area (Å²) < 4.78 is 11.5. The fraction of sp³-hybridized carbons (Fsp3) is 0.478. The number of anilines is 1. The van der Waals surface area contributed by atoms with E-state index >= 15 is 0 Å². The second-order valence-corrected chi connectivity index (χ2v) is 7.48. The molecule has 1 aliphatic rings. The first kappa shape index (κ1) is 26.0. The summed E-state index contributed by atoms with van der Waals surface area (Å²) in [6, 6.07) is 11.5. The van der Waals surface area contributed by atoms with E-state index in [4.69, 9.17) is 14.1 Å². The van der Waals surface area contributed by atoms with Gasteiger partial charge in [0.2, 0.25) is 5.91 Å². The van der Waals surface area contributed by atoms with Gasteiger partial charge < -0.3 is 25.1 Å². The summed E-state index contributed by atoms with van der Waals surface area (Å²) in [5.74, 6) is 2.33. The number of hydrogen-bond donors (Lipinski definition) is 3. The van der Waals surface area contributed by atoms with Gasteiger partial charge in [0, 0.05) is 25.2 Å². The fourth-order valence-corrected chi connectivity index (χ4v) is 3.64. The van der Waals surface area contributed by atoms with Gasteiger partial charge in [-0.1, -0.05) is 6.07 Å². The zero-order valence-electron chi connectivity index (χ0n) is 18.8. The van der Waals surface area contributed by atoms with E-state index < -0.39 is 0 Å². The molecule has 0 spiro atoms. The van der Waals surface area contributed by atoms with Gasteiger partial charge in [0.1, 0.15) is 18.1 Å². The first-order valence-corrected chi connectivity index (χ1v) is 11.0. The van der Waals surface area contributed by atoms with Crippen LogP contribution in [0.25, 0.3) is 0 Å². The number of ether oxygens (including phenoxy) is 1. The van der Waals surface area contributed by atoms with Gasteiger partial charge in [0.05, 0.1) is 25.4 Å². The Morgan fingerprint density at radius 2 is 2.03 bits per heavy atom. The summed E-state index contributed by atoms with van der Waals surface area (Å²) in [6.07, 6.45) is 4.17. The molecule has 32 heavy (non-hydrogen) atoms. The van der Waals surface area contributed by atoms with Crippen LogP contribution in [-0.4, -0.2) is 56.1 Å². The van der Waals surface area contributed by atoms with Crippen LogP contribution < -0.4 is 20.7 Å². The third-order valence-corrected chi connectivity index (χ3v) is 5.04. The zero-order valence-corrected chi connectivity index (χ0v) is 21.1. The molecule has 0 saturated carbocycles. The van der Waals surface area contributed by atoms with Crippen LogP contribution in [-0.2, 0) is 4.79 Å². The molecule has 1 amide bonds. The van der Waals surface area contributed by atoms with Gasteiger partial charge in [-0.15, -0.1) is 24.0 Å². The molecule has 1 saturated heterocycles. The number of aliphatic imine (C=N–C) groups is 1. The Labute approximate surface area is 207 Å². The van der Waals surface area contributed by atoms with E-state index in [9.17, 15) is 4.79 Å². The van der Waals surface area contributed by atoms with E-state index in [1.54, 1.807) is 6.26 Å². The summed E-state index contributed by atoms with van der Waals surface area (Å²) in [4.78, 5) is 18.4. The Kier molecular flexibility index (Phi) is 11.4. The maximum atomic E-state index is 11.2. The van der Waals surface area contributed by atoms with E-state index in [-0.39, 0.29) is 35.9 Å². The summed E-state index contributed by atoms with van der Waals surface area (Å²) in [5.41, 5.74) is 0.721. The van der Waals surface area contributed by atoms with Crippen LogP contribution >= 0.6 is 24.0 Å². The van der Waals surface area contributed by atoms with Crippen molar-refractivity contribution in [1.29, 1.82) is 0 Å². The van der Waals surface area contributed by atoms with E-state index in [1.807, 2.05) is 43.3 Å². The number of nitrogens with one attached hydrogen (secondary N) is 3. The fourth-order valence-electron chi connectivity index (χ4n) is 3.64. The SMILES string of the molecule is CCNC(=NCC(c1ccco1)N1CCCC1)NCCOc1cccc(NC(C)=O)c1.I. The van der Waals surface area contributed by atoms with Crippen molar-refractivity contribution in [3.8, 4) is 5.75 Å². The van der Waals surface area contributed by atoms with Gasteiger partial charge in [-0.3, -0.25) is 14.7 Å². The van der Waals surface area contributed by atoms with Gasteiger partial charge in [0.15, 0.2) is 5.96 Å². The predicted octanol–water partition coefficient (Wildman–Crippen LogP) is 3.63. The van der Waals surface area contributed by atoms with Crippen LogP contribution in [0.1, 0.15) is 38.5 Å². The van der Waals surface area contributed by atoms with Gasteiger partial charge >= 0.3 is 0 Å². The third-order valence-electron chi connectivity index (χ3n) is 5.04. The molecule has 9 heteroatoms. The lowest BCUT2D eigenvalue weighted by Gasteiger charge is -2.24. The molecular formula is C23H34IN5O3. The van der Waals surface area contributed by atoms with Crippen LogP contribution in [0.2, 0.25) is 0 Å². The maximum Gasteiger partial charge on any atom is 0.221 e. The van der Waals surface area contributed by atoms with E-state index in [2.05, 4.69) is 20.9 Å². The van der Waals surface area contributed by atoms with E-state index in [0.717, 1.165) is 37.0 Å². The van der Waals surface area contributed by atoms with Gasteiger partial charge in [-0.25, -0.2) is 0 Å². The number of rotatable bonds is 10. The van der Waals surface area contributed by atoms with Crippen LogP contribution in [0.5, 0.6) is 5.75 Å². The van der Waals surface area contributed by atoms with Crippen LogP contribution in [0.15, 0.2) is 52.1 Å². The molecule has 1 aromatic carbocycles. The van der Waals surface area contributed by atoms with Crippen LogP contribution in [0, 0.1) is 0 Å². The van der Waals surface area contributed by atoms with Crippen molar-refractivity contribution in [2.24, 2.45) is 4.99 Å². The maximum absolute atomic E-state index is 11.2. The zero-order chi connectivity index (χ0) is 21.9. The Bertz CT molecular complexity index is 838. The molecule has 2 heterocycles. The van der Waals surface area contributed by atoms with Gasteiger partial charge in [-0.05, 0) is 57.1 Å². The number of nitrogens with zero attached hydrogens (tertiary/aromatic N) is 2. The monoisotopic (exact) mass is 555 g/mol. The van der Waals surface area contributed by atoms with Crippen molar-refractivity contribution < 1.29 is 13.9 Å². The smallest absolute Gasteiger partial charge is 0.221 e. The van der Waals surface area contributed by atoms with Crippen molar-refractivity contribution >= 4 is 41.5 Å². The highest BCUT2D eigenvalue weighted by atomic mass is 127. The molecule has 1 aromatic heterocycles. The minimum atomic E-state index is -0.105. The minimum absolute atomic E-state index is 0. The second-order valence-electron chi connectivity index (χ2n) is 7.48. The number of amides is 1. The average molecular weight is 555 g/mol. The summed E-state index contributed by atoms with van der Waals surface area (Å²) in [5, 5.41) is 9.37. The van der Waals surface area contributed by atoms with Crippen molar-refractivity contribution in [2.75, 3.05) is 44.6 Å². The number of benzene rings is 1. The van der Waals surface area contributed by atoms with Crippen molar-refractivity contribution in [3.63, 3.8) is 0 Å². The highest BCUT2D eigenvalue weighted by molar-refractivity contribution is 14.0. The van der Waals surface area contributed by atoms with Gasteiger partial charge in [-0.2, -0.15) is 0 Å². The first-order chi connectivity index (χ1) is 15.2. The number of guanidine groups is 1. The molecule has 0 radical (unpaired) electrons. The Hall–Kier alpha value is -2.27. The predicted molar refractivity (Wildman–Crippen MR) is 138 cm³/mol. The number of carbonyl (C=O) groups excluding carboxylic acids is 1. The standard InChI is InChI=1S/C23H33N5O3.HI/c1-3-24-23(25-11-15-30-20-9-6-8-19(16-20)27-18(2)29)26-17-21(22-10-7-14-31-22)28-12-4-5-13-28;/h6-10,14,16,21H,3-5,11-13,15,17H2,1-2H3,(H,27,29)(H2,24,25,26);1H. The number of furan rings is 1. The Balaban J connectivity index is 0.00000363. The lowest BCUT2D eigenvalue weighted by molar-refractivity contribution is -0.114. The largest absolute Gasteiger partial charge is 0.492 e. The van der Waals surface area contributed by atoms with E-state index in [1.165, 1.54) is 19.8 Å². The Morgan fingerprint density at radius 1 is 1.22 bits per heavy atom. The Morgan fingerprint density at radius 3 is 2.72 bits per heavy atom. The number of carbonyl (C=O) groups is 1. The molecule has 8 nitrogen and oxygen atoms in total. The highest BCUT2D eigenvalue weighted by Gasteiger charge is 2.25. The molecule has 0 bridgehead atoms. The lowest BCUT2D eigenvalue weighted by atomic mass is 10.2. The van der Waals surface area contributed by atoms with E-state index in [0.29, 0.717) is 25.4 Å². The summed E-state index contributed by atoms with van der Waals surface area (Å²) >= 11 is 0. The quantitative estimate of drug-likeness (QED) is 0.180. The highest BCUT2D eigenvalue weighted by Crippen LogP contribution is 2.25. The molecule has 1 aliphatic heterocycles. The van der Waals surface area contributed by atoms with Crippen LogP contribution in [0.4, 0.5) is 5.69 Å². The molecule has 0 aliphatic carbocycles. The molecule has 3 N–H and O–H groups in total. The molecule has 1 unspecified atom stereocenters. The molecular weight excluding hydrogens is 521 g/mol. The number of likely N-dealkylation sites (tertiary alicyclic amines) is 1. The van der Waals surface area contributed by atoms with Crippen LogP contribution in [0.3, 0.4) is 0 Å². The molecule has 1 atom stereocenters. The average Bonchev–Trinajstić information content (AvgIpc) is 3.46. The molecule has 176 valence electrons. The van der Waals surface area contributed by atoms with Crippen molar-refractivity contribution in [1.82, 2.24) is 15.5 Å². The summed E-state index contributed by atoms with van der Waals surface area (Å²) in [7, 11) is 0. The minimum Gasteiger partial charge on any atom is -0.492 e. The summed E-state index contributed by atoms with van der Waals surface area (Å²) in [6.45, 7) is 8.17. The first-order valence-electron chi connectivity index (χ1n) is 11.0. The normalized spacial score (nSPS) is 15.0. The topological polar surface area (TPSA) is 91.1 Å². The lowest BCUT2D eigenvalue weighted by Crippen LogP contribution is -2.40. The molecule has 3 rings (SSSR count). The van der Waals surface area contributed by atoms with Crippen molar-refractivity contribution in [3.05, 3.63) is 48.4 Å². The van der Waals surface area contributed by atoms with Gasteiger partial charge in [0.25, 0.3) is 0 Å². The van der Waals surface area contributed by atoms with Crippen molar-refractivity contribution in [2.45, 2.75) is 32.7 Å². The number of hydrogen-bond acceptors (Lipinski definition) is 5. The second kappa shape index (κ2) is 14.0. The molecule has 1 fully saturated rings. The molecule has 2 aromatic rings. The third kappa shape index (κ3) is 8.34.